The van der Waals surface area contributed by atoms with E-state index in [1.54, 1.807) is 0 Å². The number of amides is 1. The molecule has 3 heteroatoms. The molecule has 2 N–H and O–H groups in total. The van der Waals surface area contributed by atoms with Crippen molar-refractivity contribution in [3.63, 3.8) is 0 Å². The van der Waals surface area contributed by atoms with Crippen molar-refractivity contribution in [1.82, 2.24) is 4.90 Å². The van der Waals surface area contributed by atoms with Gasteiger partial charge < -0.3 is 10.6 Å². The second kappa shape index (κ2) is 5.20. The first kappa shape index (κ1) is 13.9. The topological polar surface area (TPSA) is 46.3 Å². The molecule has 0 bridgehead atoms. The van der Waals surface area contributed by atoms with Crippen molar-refractivity contribution in [2.45, 2.75) is 58.8 Å². The monoisotopic (exact) mass is 252 g/mol. The average molecular weight is 252 g/mol. The quantitative estimate of drug-likeness (QED) is 0.836. The largest absolute Gasteiger partial charge is 0.342 e. The van der Waals surface area contributed by atoms with Gasteiger partial charge in [-0.15, -0.1) is 0 Å². The van der Waals surface area contributed by atoms with Crippen molar-refractivity contribution in [2.24, 2.45) is 16.6 Å². The second-order valence-corrected chi connectivity index (χ2v) is 6.34. The number of likely N-dealkylation sites (tertiary alicyclic amines) is 1. The zero-order valence-corrected chi connectivity index (χ0v) is 12.0. The molecule has 1 aliphatic heterocycles. The molecule has 104 valence electrons. The third-order valence-electron chi connectivity index (χ3n) is 5.72. The van der Waals surface area contributed by atoms with Crippen molar-refractivity contribution >= 4 is 5.91 Å². The van der Waals surface area contributed by atoms with Gasteiger partial charge in [-0.25, -0.2) is 0 Å². The van der Waals surface area contributed by atoms with Gasteiger partial charge in [-0.05, 0) is 43.9 Å². The molecule has 1 amide bonds. The first-order valence-electron chi connectivity index (χ1n) is 7.61. The number of hydrogen-bond donors (Lipinski definition) is 1. The van der Waals surface area contributed by atoms with E-state index in [1.165, 1.54) is 32.1 Å². The summed E-state index contributed by atoms with van der Waals surface area (Å²) < 4.78 is 0. The molecule has 1 spiro atoms. The average Bonchev–Trinajstić information content (AvgIpc) is 2.39. The first-order valence-corrected chi connectivity index (χ1v) is 7.61. The summed E-state index contributed by atoms with van der Waals surface area (Å²) in [6.45, 7) is 6.58. The maximum Gasteiger partial charge on any atom is 0.230 e. The Morgan fingerprint density at radius 1 is 1.17 bits per heavy atom. The van der Waals surface area contributed by atoms with Crippen LogP contribution in [0.2, 0.25) is 0 Å². The number of hydrogen-bond acceptors (Lipinski definition) is 2. The minimum Gasteiger partial charge on any atom is -0.342 e. The zero-order chi connectivity index (χ0) is 13.2. The summed E-state index contributed by atoms with van der Waals surface area (Å²) in [5.41, 5.74) is 6.19. The molecule has 0 atom stereocenters. The van der Waals surface area contributed by atoms with Crippen LogP contribution in [-0.4, -0.2) is 30.4 Å². The summed E-state index contributed by atoms with van der Waals surface area (Å²) in [4.78, 5) is 14.8. The highest BCUT2D eigenvalue weighted by Crippen LogP contribution is 2.49. The summed E-state index contributed by atoms with van der Waals surface area (Å²) in [5.74, 6) is 0.309. The highest BCUT2D eigenvalue weighted by molar-refractivity contribution is 5.83. The zero-order valence-electron chi connectivity index (χ0n) is 12.0. The molecule has 1 saturated heterocycles. The Bertz CT molecular complexity index is 287. The van der Waals surface area contributed by atoms with Crippen LogP contribution in [0.5, 0.6) is 0 Å². The van der Waals surface area contributed by atoms with Gasteiger partial charge in [0.05, 0.1) is 5.41 Å². The molecule has 0 aromatic rings. The van der Waals surface area contributed by atoms with E-state index in [0.717, 1.165) is 25.9 Å². The molecule has 2 fully saturated rings. The Labute approximate surface area is 111 Å². The minimum atomic E-state index is -0.301. The number of nitrogens with two attached hydrogens (primary N) is 1. The molecule has 1 heterocycles. The van der Waals surface area contributed by atoms with Crippen LogP contribution >= 0.6 is 0 Å². The molecule has 2 rings (SSSR count). The molecule has 0 unspecified atom stereocenters. The Balaban J connectivity index is 1.97. The molecular formula is C15H28N2O. The molecule has 3 nitrogen and oxygen atoms in total. The summed E-state index contributed by atoms with van der Waals surface area (Å²) in [7, 11) is 0. The van der Waals surface area contributed by atoms with E-state index in [2.05, 4.69) is 18.7 Å². The summed E-state index contributed by atoms with van der Waals surface area (Å²) in [6.07, 6.45) is 8.32. The van der Waals surface area contributed by atoms with Gasteiger partial charge in [-0.3, -0.25) is 4.79 Å². The third-order valence-corrected chi connectivity index (χ3v) is 5.72. The van der Waals surface area contributed by atoms with E-state index in [1.807, 2.05) is 0 Å². The van der Waals surface area contributed by atoms with Crippen molar-refractivity contribution in [3.05, 3.63) is 0 Å². The fourth-order valence-corrected chi connectivity index (χ4v) is 3.62. The Hall–Kier alpha value is -0.570. The highest BCUT2D eigenvalue weighted by Gasteiger charge is 2.43. The third kappa shape index (κ3) is 2.18. The fourth-order valence-electron chi connectivity index (χ4n) is 3.62. The van der Waals surface area contributed by atoms with Crippen LogP contribution in [0.25, 0.3) is 0 Å². The number of carbonyl (C=O) groups is 1. The van der Waals surface area contributed by atoms with Crippen LogP contribution in [0, 0.1) is 10.8 Å². The summed E-state index contributed by atoms with van der Waals surface area (Å²) in [6, 6.07) is 0. The number of rotatable bonds is 4. The molecule has 0 radical (unpaired) electrons. The van der Waals surface area contributed by atoms with E-state index in [9.17, 15) is 4.79 Å². The molecule has 0 aromatic carbocycles. The number of nitrogens with zero attached hydrogens (tertiary/aromatic N) is 1. The molecule has 2 aliphatic rings. The van der Waals surface area contributed by atoms with E-state index in [4.69, 9.17) is 5.73 Å². The lowest BCUT2D eigenvalue weighted by Crippen LogP contribution is -2.52. The van der Waals surface area contributed by atoms with Crippen LogP contribution in [0.3, 0.4) is 0 Å². The lowest BCUT2D eigenvalue weighted by Gasteiger charge is -2.49. The second-order valence-electron chi connectivity index (χ2n) is 6.34. The van der Waals surface area contributed by atoms with Crippen molar-refractivity contribution in [2.75, 3.05) is 19.6 Å². The highest BCUT2D eigenvalue weighted by atomic mass is 16.2. The lowest BCUT2D eigenvalue weighted by molar-refractivity contribution is -0.145. The Morgan fingerprint density at radius 3 is 2.06 bits per heavy atom. The van der Waals surface area contributed by atoms with E-state index in [-0.39, 0.29) is 5.41 Å². The molecular weight excluding hydrogens is 224 g/mol. The van der Waals surface area contributed by atoms with Gasteiger partial charge in [0.15, 0.2) is 0 Å². The number of carbonyl (C=O) groups excluding carboxylic acids is 1. The van der Waals surface area contributed by atoms with Crippen LogP contribution in [0.15, 0.2) is 0 Å². The SMILES string of the molecule is CCC(CC)(CN)C(=O)N1CCC2(CCC2)CC1. The Morgan fingerprint density at radius 2 is 1.72 bits per heavy atom. The van der Waals surface area contributed by atoms with Gasteiger partial charge in [0.25, 0.3) is 0 Å². The number of piperidine rings is 1. The summed E-state index contributed by atoms with van der Waals surface area (Å²) in [5, 5.41) is 0. The Kier molecular flexibility index (Phi) is 4.00. The van der Waals surface area contributed by atoms with E-state index < -0.39 is 0 Å². The fraction of sp³-hybridized carbons (Fsp3) is 0.933. The maximum absolute atomic E-state index is 12.7. The minimum absolute atomic E-state index is 0.301. The van der Waals surface area contributed by atoms with Crippen LogP contribution in [-0.2, 0) is 4.79 Å². The van der Waals surface area contributed by atoms with Gasteiger partial charge >= 0.3 is 0 Å². The van der Waals surface area contributed by atoms with Gasteiger partial charge in [-0.1, -0.05) is 20.3 Å². The van der Waals surface area contributed by atoms with Crippen LogP contribution in [0.4, 0.5) is 0 Å². The predicted molar refractivity (Wildman–Crippen MR) is 74.2 cm³/mol. The van der Waals surface area contributed by atoms with Gasteiger partial charge in [-0.2, -0.15) is 0 Å². The van der Waals surface area contributed by atoms with Crippen molar-refractivity contribution in [1.29, 1.82) is 0 Å². The molecule has 18 heavy (non-hydrogen) atoms. The lowest BCUT2D eigenvalue weighted by atomic mass is 9.63. The van der Waals surface area contributed by atoms with Gasteiger partial charge in [0.2, 0.25) is 5.91 Å². The van der Waals surface area contributed by atoms with Crippen molar-refractivity contribution in [3.8, 4) is 0 Å². The smallest absolute Gasteiger partial charge is 0.230 e. The van der Waals surface area contributed by atoms with Gasteiger partial charge in [0, 0.05) is 19.6 Å². The van der Waals surface area contributed by atoms with E-state index in [0.29, 0.717) is 17.9 Å². The normalized spacial score (nSPS) is 22.9. The van der Waals surface area contributed by atoms with Crippen molar-refractivity contribution < 1.29 is 4.79 Å². The van der Waals surface area contributed by atoms with Gasteiger partial charge in [0.1, 0.15) is 0 Å². The van der Waals surface area contributed by atoms with Crippen LogP contribution in [0.1, 0.15) is 58.8 Å². The van der Waals surface area contributed by atoms with Crippen LogP contribution < -0.4 is 5.73 Å². The molecule has 1 saturated carbocycles. The standard InChI is InChI=1S/C15H28N2O/c1-3-15(4-2,12-16)13(18)17-10-8-14(9-11-17)6-5-7-14/h3-12,16H2,1-2H3. The maximum atomic E-state index is 12.7. The van der Waals surface area contributed by atoms with E-state index >= 15 is 0 Å². The first-order chi connectivity index (χ1) is 8.61. The molecule has 0 aromatic heterocycles. The molecule has 1 aliphatic carbocycles. The predicted octanol–water partition coefficient (Wildman–Crippen LogP) is 2.54. The summed E-state index contributed by atoms with van der Waals surface area (Å²) >= 11 is 0.